The lowest BCUT2D eigenvalue weighted by Crippen LogP contribution is -2.50. The number of amides is 2. The Morgan fingerprint density at radius 1 is 1.15 bits per heavy atom. The Kier molecular flexibility index (Phi) is 6.75. The summed E-state index contributed by atoms with van der Waals surface area (Å²) in [5, 5.41) is 3.09. The van der Waals surface area contributed by atoms with E-state index >= 15 is 0 Å². The molecule has 2 amide bonds. The van der Waals surface area contributed by atoms with Crippen molar-refractivity contribution in [1.29, 1.82) is 0 Å². The van der Waals surface area contributed by atoms with Gasteiger partial charge in [-0.2, -0.15) is 0 Å². The monoisotopic (exact) mass is 376 g/mol. The van der Waals surface area contributed by atoms with Gasteiger partial charge in [0.2, 0.25) is 5.91 Å². The topological polar surface area (TPSA) is 49.4 Å². The Balaban J connectivity index is 2.11. The molecule has 0 spiro atoms. The molecule has 0 saturated heterocycles. The lowest BCUT2D eigenvalue weighted by Gasteiger charge is -2.27. The number of hydrogen-bond donors (Lipinski definition) is 1. The highest BCUT2D eigenvalue weighted by Gasteiger charge is 2.28. The normalized spacial score (nSPS) is 11.9. The summed E-state index contributed by atoms with van der Waals surface area (Å²) in [4.78, 5) is 26.8. The second kappa shape index (κ2) is 8.81. The molecular formula is C20H22ClFN2O2. The molecule has 0 aliphatic heterocycles. The highest BCUT2D eigenvalue weighted by molar-refractivity contribution is 6.33. The van der Waals surface area contributed by atoms with Gasteiger partial charge in [-0.1, -0.05) is 49.7 Å². The molecule has 0 aliphatic rings. The number of hydrogen-bond acceptors (Lipinski definition) is 2. The lowest BCUT2D eigenvalue weighted by molar-refractivity contribution is -0.133. The molecule has 0 aliphatic carbocycles. The first-order chi connectivity index (χ1) is 12.3. The summed E-state index contributed by atoms with van der Waals surface area (Å²) in [6, 6.07) is 12.1. The summed E-state index contributed by atoms with van der Waals surface area (Å²) in [5.74, 6) is -1.12. The van der Waals surface area contributed by atoms with Crippen molar-refractivity contribution in [2.24, 2.45) is 5.92 Å². The van der Waals surface area contributed by atoms with E-state index in [-0.39, 0.29) is 24.2 Å². The van der Waals surface area contributed by atoms with Crippen LogP contribution in [-0.4, -0.2) is 29.8 Å². The zero-order valence-electron chi connectivity index (χ0n) is 15.0. The van der Waals surface area contributed by atoms with Crippen LogP contribution in [0.3, 0.4) is 0 Å². The van der Waals surface area contributed by atoms with Crippen LogP contribution in [0.4, 0.5) is 4.39 Å². The van der Waals surface area contributed by atoms with E-state index in [1.807, 2.05) is 13.8 Å². The highest BCUT2D eigenvalue weighted by atomic mass is 35.5. The molecule has 0 heterocycles. The standard InChI is InChI=1S/C20H22ClFN2O2/c1-13(2)18(23-19(25)16-9-4-5-10-17(16)21)20(26)24(3)12-14-7-6-8-15(22)11-14/h4-11,13,18H,12H2,1-3H3,(H,23,25)/t18-/m0/s1. The summed E-state index contributed by atoms with van der Waals surface area (Å²) >= 11 is 6.05. The van der Waals surface area contributed by atoms with E-state index in [1.54, 1.807) is 43.4 Å². The van der Waals surface area contributed by atoms with E-state index in [0.717, 1.165) is 0 Å². The Morgan fingerprint density at radius 3 is 2.46 bits per heavy atom. The van der Waals surface area contributed by atoms with Gasteiger partial charge in [-0.3, -0.25) is 9.59 Å². The Morgan fingerprint density at radius 2 is 1.85 bits per heavy atom. The molecule has 1 N–H and O–H groups in total. The zero-order valence-corrected chi connectivity index (χ0v) is 15.8. The Hall–Kier alpha value is -2.40. The number of nitrogens with zero attached hydrogens (tertiary/aromatic N) is 1. The van der Waals surface area contributed by atoms with E-state index in [4.69, 9.17) is 11.6 Å². The molecule has 0 aromatic heterocycles. The molecule has 2 rings (SSSR count). The maximum absolute atomic E-state index is 13.3. The lowest BCUT2D eigenvalue weighted by atomic mass is 10.0. The molecule has 138 valence electrons. The van der Waals surface area contributed by atoms with Gasteiger partial charge in [0.1, 0.15) is 11.9 Å². The first-order valence-electron chi connectivity index (χ1n) is 8.34. The summed E-state index contributed by atoms with van der Waals surface area (Å²) in [7, 11) is 1.63. The molecule has 6 heteroatoms. The van der Waals surface area contributed by atoms with Gasteiger partial charge in [-0.15, -0.1) is 0 Å². The molecule has 0 fully saturated rings. The summed E-state index contributed by atoms with van der Waals surface area (Å²) in [5.41, 5.74) is 1.00. The minimum atomic E-state index is -0.711. The van der Waals surface area contributed by atoms with Crippen LogP contribution in [0.2, 0.25) is 5.02 Å². The zero-order chi connectivity index (χ0) is 19.3. The van der Waals surface area contributed by atoms with Crippen molar-refractivity contribution in [1.82, 2.24) is 10.2 Å². The van der Waals surface area contributed by atoms with Gasteiger partial charge in [0.25, 0.3) is 5.91 Å². The Labute approximate surface area is 158 Å². The van der Waals surface area contributed by atoms with Crippen LogP contribution in [0.1, 0.15) is 29.8 Å². The van der Waals surface area contributed by atoms with Crippen LogP contribution in [0.25, 0.3) is 0 Å². The first-order valence-corrected chi connectivity index (χ1v) is 8.72. The first kappa shape index (κ1) is 19.9. The summed E-state index contributed by atoms with van der Waals surface area (Å²) in [6.45, 7) is 3.96. The maximum Gasteiger partial charge on any atom is 0.253 e. The van der Waals surface area contributed by atoms with Crippen molar-refractivity contribution in [3.8, 4) is 0 Å². The largest absolute Gasteiger partial charge is 0.340 e. The molecule has 0 saturated carbocycles. The van der Waals surface area contributed by atoms with Crippen LogP contribution in [0.15, 0.2) is 48.5 Å². The molecule has 0 bridgehead atoms. The average molecular weight is 377 g/mol. The third-order valence-corrected chi connectivity index (χ3v) is 4.35. The molecule has 2 aromatic rings. The molecule has 1 atom stereocenters. The molecule has 26 heavy (non-hydrogen) atoms. The number of benzene rings is 2. The quantitative estimate of drug-likeness (QED) is 0.831. The molecule has 2 aromatic carbocycles. The van der Waals surface area contributed by atoms with E-state index in [1.165, 1.54) is 17.0 Å². The van der Waals surface area contributed by atoms with Crippen LogP contribution in [-0.2, 0) is 11.3 Å². The fraction of sp³-hybridized carbons (Fsp3) is 0.300. The second-order valence-electron chi connectivity index (χ2n) is 6.50. The maximum atomic E-state index is 13.3. The molecular weight excluding hydrogens is 355 g/mol. The number of carbonyl (C=O) groups is 2. The highest BCUT2D eigenvalue weighted by Crippen LogP contribution is 2.16. The summed E-state index contributed by atoms with van der Waals surface area (Å²) in [6.07, 6.45) is 0. The van der Waals surface area contributed by atoms with E-state index in [2.05, 4.69) is 5.32 Å². The molecule has 0 radical (unpaired) electrons. The number of rotatable bonds is 6. The fourth-order valence-electron chi connectivity index (χ4n) is 2.60. The van der Waals surface area contributed by atoms with Crippen molar-refractivity contribution < 1.29 is 14.0 Å². The van der Waals surface area contributed by atoms with Crippen LogP contribution in [0, 0.1) is 11.7 Å². The van der Waals surface area contributed by atoms with Crippen molar-refractivity contribution in [2.75, 3.05) is 7.05 Å². The third-order valence-electron chi connectivity index (χ3n) is 4.02. The van der Waals surface area contributed by atoms with Gasteiger partial charge in [0.15, 0.2) is 0 Å². The van der Waals surface area contributed by atoms with Crippen LogP contribution in [0.5, 0.6) is 0 Å². The minimum Gasteiger partial charge on any atom is -0.340 e. The molecule has 4 nitrogen and oxygen atoms in total. The van der Waals surface area contributed by atoms with Crippen LogP contribution < -0.4 is 5.32 Å². The van der Waals surface area contributed by atoms with Gasteiger partial charge in [-0.05, 0) is 35.7 Å². The van der Waals surface area contributed by atoms with E-state index < -0.39 is 11.9 Å². The number of nitrogens with one attached hydrogen (secondary N) is 1. The van der Waals surface area contributed by atoms with Gasteiger partial charge in [-0.25, -0.2) is 4.39 Å². The average Bonchev–Trinajstić information content (AvgIpc) is 2.59. The fourth-order valence-corrected chi connectivity index (χ4v) is 2.82. The molecule has 0 unspecified atom stereocenters. The third kappa shape index (κ3) is 5.05. The predicted molar refractivity (Wildman–Crippen MR) is 100 cm³/mol. The number of halogens is 2. The SMILES string of the molecule is CC(C)[C@H](NC(=O)c1ccccc1Cl)C(=O)N(C)Cc1cccc(F)c1. The van der Waals surface area contributed by atoms with Crippen molar-refractivity contribution in [2.45, 2.75) is 26.4 Å². The number of likely N-dealkylation sites (N-methyl/N-ethyl adjacent to an activating group) is 1. The van der Waals surface area contributed by atoms with Crippen LogP contribution >= 0.6 is 11.6 Å². The minimum absolute atomic E-state index is 0.121. The van der Waals surface area contributed by atoms with Crippen molar-refractivity contribution >= 4 is 23.4 Å². The smallest absolute Gasteiger partial charge is 0.253 e. The van der Waals surface area contributed by atoms with Gasteiger partial charge >= 0.3 is 0 Å². The summed E-state index contributed by atoms with van der Waals surface area (Å²) < 4.78 is 13.3. The number of carbonyl (C=O) groups excluding carboxylic acids is 2. The van der Waals surface area contributed by atoms with Crippen molar-refractivity contribution in [3.05, 3.63) is 70.5 Å². The van der Waals surface area contributed by atoms with E-state index in [0.29, 0.717) is 16.1 Å². The van der Waals surface area contributed by atoms with Gasteiger partial charge < -0.3 is 10.2 Å². The van der Waals surface area contributed by atoms with Gasteiger partial charge in [0.05, 0.1) is 10.6 Å². The van der Waals surface area contributed by atoms with Crippen molar-refractivity contribution in [3.63, 3.8) is 0 Å². The van der Waals surface area contributed by atoms with Gasteiger partial charge in [0, 0.05) is 13.6 Å². The second-order valence-corrected chi connectivity index (χ2v) is 6.91. The predicted octanol–water partition coefficient (Wildman–Crippen LogP) is 3.89. The van der Waals surface area contributed by atoms with E-state index in [9.17, 15) is 14.0 Å². The Bertz CT molecular complexity index is 795.